The number of carbonyl (C=O) groups is 1. The molecule has 8 nitrogen and oxygen atoms in total. The molecule has 1 aliphatic rings. The minimum atomic E-state index is 0.0631. The summed E-state index contributed by atoms with van der Waals surface area (Å²) in [5.41, 5.74) is 4.51. The fourth-order valence-electron chi connectivity index (χ4n) is 4.23. The first-order valence-electron chi connectivity index (χ1n) is 10.8. The number of hydrogen-bond acceptors (Lipinski definition) is 5. The molecule has 4 aromatic heterocycles. The molecule has 1 amide bonds. The Morgan fingerprint density at radius 1 is 1.09 bits per heavy atom. The van der Waals surface area contributed by atoms with Crippen LogP contribution in [-0.4, -0.2) is 69.6 Å². The number of ether oxygens (including phenoxy) is 1. The number of nitrogens with zero attached hydrogens (tertiary/aromatic N) is 6. The molecule has 0 radical (unpaired) electrons. The second kappa shape index (κ2) is 8.84. The summed E-state index contributed by atoms with van der Waals surface area (Å²) in [4.78, 5) is 26.4. The molecule has 0 unspecified atom stereocenters. The molecule has 1 aliphatic heterocycles. The Labute approximate surface area is 186 Å². The fraction of sp³-hybridized carbons (Fsp3) is 0.292. The van der Waals surface area contributed by atoms with E-state index in [0.29, 0.717) is 25.3 Å². The van der Waals surface area contributed by atoms with Gasteiger partial charge in [-0.25, -0.2) is 4.98 Å². The molecule has 0 aliphatic carbocycles. The Bertz CT molecular complexity index is 1210. The van der Waals surface area contributed by atoms with Crippen LogP contribution in [-0.2, 0) is 11.3 Å². The van der Waals surface area contributed by atoms with Gasteiger partial charge >= 0.3 is 0 Å². The summed E-state index contributed by atoms with van der Waals surface area (Å²) in [7, 11) is 1.69. The zero-order chi connectivity index (χ0) is 21.9. The number of amides is 1. The lowest BCUT2D eigenvalue weighted by Crippen LogP contribution is -2.48. The summed E-state index contributed by atoms with van der Waals surface area (Å²) in [5.74, 6) is 0.0631. The quantitative estimate of drug-likeness (QED) is 0.471. The van der Waals surface area contributed by atoms with E-state index in [0.717, 1.165) is 42.2 Å². The van der Waals surface area contributed by atoms with Crippen LogP contribution < -0.4 is 4.90 Å². The maximum atomic E-state index is 13.5. The van der Waals surface area contributed by atoms with E-state index >= 15 is 0 Å². The van der Waals surface area contributed by atoms with E-state index in [9.17, 15) is 4.79 Å². The number of anilines is 1. The molecular weight excluding hydrogens is 404 g/mol. The lowest BCUT2D eigenvalue weighted by molar-refractivity contribution is 0.0749. The Balaban J connectivity index is 1.39. The first-order chi connectivity index (χ1) is 15.7. The van der Waals surface area contributed by atoms with Crippen LogP contribution in [0.4, 0.5) is 5.69 Å². The molecule has 8 heteroatoms. The van der Waals surface area contributed by atoms with Gasteiger partial charge in [0.15, 0.2) is 0 Å². The average Bonchev–Trinajstić information content (AvgIpc) is 3.48. The highest BCUT2D eigenvalue weighted by atomic mass is 16.5. The van der Waals surface area contributed by atoms with E-state index in [4.69, 9.17) is 4.74 Å². The minimum absolute atomic E-state index is 0.0631. The number of hydrogen-bond donors (Lipinski definition) is 0. The van der Waals surface area contributed by atoms with E-state index in [1.165, 1.54) is 0 Å². The maximum absolute atomic E-state index is 13.5. The number of fused-ring (bicyclic) bond motifs is 1. The maximum Gasteiger partial charge on any atom is 0.256 e. The Morgan fingerprint density at radius 2 is 1.91 bits per heavy atom. The number of pyridine rings is 2. The average molecular weight is 431 g/mol. The SMILES string of the molecule is COCCn1cnc(-c2cc(C(=O)N3CCN(c4ccncc4)CC3)c3ccccn23)c1. The first-order valence-corrected chi connectivity index (χ1v) is 10.8. The van der Waals surface area contributed by atoms with Crippen LogP contribution >= 0.6 is 0 Å². The molecule has 0 spiro atoms. The molecule has 0 atom stereocenters. The summed E-state index contributed by atoms with van der Waals surface area (Å²) in [6.45, 7) is 4.34. The van der Waals surface area contributed by atoms with Gasteiger partial charge in [-0.3, -0.25) is 9.78 Å². The number of methoxy groups -OCH3 is 1. The van der Waals surface area contributed by atoms with Gasteiger partial charge in [-0.2, -0.15) is 0 Å². The van der Waals surface area contributed by atoms with Gasteiger partial charge in [-0.15, -0.1) is 0 Å². The van der Waals surface area contributed by atoms with Gasteiger partial charge in [0.2, 0.25) is 0 Å². The summed E-state index contributed by atoms with van der Waals surface area (Å²) in [6, 6.07) is 11.9. The standard InChI is InChI=1S/C24H26N6O2/c1-32-15-14-27-17-21(26-18-27)23-16-20(22-4-2-3-9-30(22)23)24(31)29-12-10-28(11-13-29)19-5-7-25-8-6-19/h2-9,16-18H,10-15H2,1H3. The Kier molecular flexibility index (Phi) is 5.60. The molecule has 0 bridgehead atoms. The van der Waals surface area contributed by atoms with E-state index in [1.807, 2.05) is 62.7 Å². The van der Waals surface area contributed by atoms with Gasteiger partial charge in [-0.1, -0.05) is 6.07 Å². The van der Waals surface area contributed by atoms with E-state index < -0.39 is 0 Å². The van der Waals surface area contributed by atoms with Crippen molar-refractivity contribution in [3.63, 3.8) is 0 Å². The monoisotopic (exact) mass is 430 g/mol. The summed E-state index contributed by atoms with van der Waals surface area (Å²) in [6.07, 6.45) is 9.39. The van der Waals surface area contributed by atoms with Crippen molar-refractivity contribution >= 4 is 17.1 Å². The molecule has 1 fully saturated rings. The van der Waals surface area contributed by atoms with Crippen molar-refractivity contribution < 1.29 is 9.53 Å². The smallest absolute Gasteiger partial charge is 0.256 e. The van der Waals surface area contributed by atoms with Crippen molar-refractivity contribution in [3.8, 4) is 11.4 Å². The lowest BCUT2D eigenvalue weighted by Gasteiger charge is -2.36. The molecule has 0 saturated carbocycles. The highest BCUT2D eigenvalue weighted by Gasteiger charge is 2.25. The van der Waals surface area contributed by atoms with Crippen molar-refractivity contribution in [1.82, 2.24) is 23.8 Å². The van der Waals surface area contributed by atoms with Gasteiger partial charge in [0.1, 0.15) is 5.69 Å². The summed E-state index contributed by atoms with van der Waals surface area (Å²) < 4.78 is 9.21. The number of imidazole rings is 1. The molecule has 0 N–H and O–H groups in total. The molecule has 4 aromatic rings. The topological polar surface area (TPSA) is 67.9 Å². The number of carbonyl (C=O) groups excluding carboxylic acids is 1. The van der Waals surface area contributed by atoms with Crippen LogP contribution in [0.25, 0.3) is 16.9 Å². The molecule has 32 heavy (non-hydrogen) atoms. The van der Waals surface area contributed by atoms with Crippen molar-refractivity contribution in [3.05, 3.63) is 73.1 Å². The van der Waals surface area contributed by atoms with Gasteiger partial charge in [-0.05, 0) is 30.3 Å². The van der Waals surface area contributed by atoms with Gasteiger partial charge in [0, 0.05) is 70.3 Å². The highest BCUT2D eigenvalue weighted by molar-refractivity contribution is 6.02. The molecule has 0 aromatic carbocycles. The zero-order valence-corrected chi connectivity index (χ0v) is 18.1. The fourth-order valence-corrected chi connectivity index (χ4v) is 4.23. The van der Waals surface area contributed by atoms with Crippen molar-refractivity contribution in [2.24, 2.45) is 0 Å². The Hall–Kier alpha value is -3.65. The third-order valence-electron chi connectivity index (χ3n) is 5.95. The van der Waals surface area contributed by atoms with E-state index in [1.54, 1.807) is 25.8 Å². The first kappa shape index (κ1) is 20.3. The van der Waals surface area contributed by atoms with Crippen LogP contribution in [0.1, 0.15) is 10.4 Å². The second-order valence-electron chi connectivity index (χ2n) is 7.87. The Morgan fingerprint density at radius 3 is 2.69 bits per heavy atom. The van der Waals surface area contributed by atoms with Gasteiger partial charge in [0.25, 0.3) is 5.91 Å². The van der Waals surface area contributed by atoms with Crippen molar-refractivity contribution in [2.45, 2.75) is 6.54 Å². The van der Waals surface area contributed by atoms with Crippen LogP contribution in [0, 0.1) is 0 Å². The third kappa shape index (κ3) is 3.85. The molecule has 1 saturated heterocycles. The summed E-state index contributed by atoms with van der Waals surface area (Å²) in [5, 5.41) is 0. The number of piperazine rings is 1. The van der Waals surface area contributed by atoms with Gasteiger partial charge < -0.3 is 23.5 Å². The highest BCUT2D eigenvalue weighted by Crippen LogP contribution is 2.27. The lowest BCUT2D eigenvalue weighted by atomic mass is 10.2. The number of aromatic nitrogens is 4. The van der Waals surface area contributed by atoms with Crippen molar-refractivity contribution in [2.75, 3.05) is 44.8 Å². The molecule has 164 valence electrons. The minimum Gasteiger partial charge on any atom is -0.383 e. The van der Waals surface area contributed by atoms with Crippen LogP contribution in [0.15, 0.2) is 67.5 Å². The van der Waals surface area contributed by atoms with E-state index in [-0.39, 0.29) is 5.91 Å². The van der Waals surface area contributed by atoms with Crippen LogP contribution in [0.3, 0.4) is 0 Å². The summed E-state index contributed by atoms with van der Waals surface area (Å²) >= 11 is 0. The normalized spacial score (nSPS) is 14.3. The van der Waals surface area contributed by atoms with Gasteiger partial charge in [0.05, 0.1) is 29.7 Å². The zero-order valence-electron chi connectivity index (χ0n) is 18.1. The largest absolute Gasteiger partial charge is 0.383 e. The predicted molar refractivity (Wildman–Crippen MR) is 123 cm³/mol. The van der Waals surface area contributed by atoms with Crippen LogP contribution in [0.5, 0.6) is 0 Å². The molecular formula is C24H26N6O2. The van der Waals surface area contributed by atoms with Crippen LogP contribution in [0.2, 0.25) is 0 Å². The third-order valence-corrected chi connectivity index (χ3v) is 5.95. The second-order valence-corrected chi connectivity index (χ2v) is 7.87. The van der Waals surface area contributed by atoms with E-state index in [2.05, 4.69) is 14.9 Å². The van der Waals surface area contributed by atoms with Crippen molar-refractivity contribution in [1.29, 1.82) is 0 Å². The predicted octanol–water partition coefficient (Wildman–Crippen LogP) is 2.81. The number of rotatable bonds is 6. The molecule has 5 heterocycles. The molecule has 5 rings (SSSR count).